The number of carbonyl (C=O) groups is 1. The number of rotatable bonds is 11. The summed E-state index contributed by atoms with van der Waals surface area (Å²) in [5, 5.41) is 23.5. The van der Waals surface area contributed by atoms with Gasteiger partial charge in [0.1, 0.15) is 25.1 Å². The highest BCUT2D eigenvalue weighted by atomic mass is 16.5. The first-order valence-corrected chi connectivity index (χ1v) is 13.0. The molecule has 1 aromatic carbocycles. The SMILES string of the molecule is CCc1cc(-c2noc(-c3cc(OC)nc(C4CCCC4)c3)n2)cc(C)c1OCC(O)CN(C)C(=O)CO. The van der Waals surface area contributed by atoms with Gasteiger partial charge >= 0.3 is 0 Å². The molecule has 2 heterocycles. The van der Waals surface area contributed by atoms with Crippen molar-refractivity contribution in [2.24, 2.45) is 0 Å². The van der Waals surface area contributed by atoms with Gasteiger partial charge in [0, 0.05) is 42.4 Å². The number of ether oxygens (including phenoxy) is 2. The Labute approximate surface area is 222 Å². The molecular weight excluding hydrogens is 488 g/mol. The van der Waals surface area contributed by atoms with Crippen LogP contribution < -0.4 is 9.47 Å². The Morgan fingerprint density at radius 1 is 1.18 bits per heavy atom. The highest BCUT2D eigenvalue weighted by Gasteiger charge is 2.22. The van der Waals surface area contributed by atoms with E-state index in [1.807, 2.05) is 38.1 Å². The van der Waals surface area contributed by atoms with E-state index < -0.39 is 18.6 Å². The molecule has 0 radical (unpaired) electrons. The molecule has 1 unspecified atom stereocenters. The molecular formula is C28H36N4O6. The standard InChI is InChI=1S/C28H36N4O6/c1-5-18-11-20(10-17(2)26(18)37-16-22(34)14-32(3)25(35)15-33)27-30-28(38-31-27)21-12-23(19-8-6-7-9-19)29-24(13-21)36-4/h10-13,19,22,33-34H,5-9,14-16H2,1-4H3. The molecule has 10 heteroatoms. The van der Waals surface area contributed by atoms with E-state index in [4.69, 9.17) is 19.1 Å². The number of nitrogens with zero attached hydrogens (tertiary/aromatic N) is 4. The van der Waals surface area contributed by atoms with Crippen molar-refractivity contribution in [3.05, 3.63) is 41.1 Å². The normalized spacial score (nSPS) is 14.5. The van der Waals surface area contributed by atoms with Crippen LogP contribution in [0.1, 0.15) is 55.3 Å². The zero-order valence-electron chi connectivity index (χ0n) is 22.4. The molecule has 38 heavy (non-hydrogen) atoms. The molecule has 204 valence electrons. The molecule has 1 atom stereocenters. The van der Waals surface area contributed by atoms with Crippen LogP contribution in [0.5, 0.6) is 11.6 Å². The van der Waals surface area contributed by atoms with Crippen LogP contribution in [0, 0.1) is 6.92 Å². The van der Waals surface area contributed by atoms with Crippen molar-refractivity contribution in [1.82, 2.24) is 20.0 Å². The number of aliphatic hydroxyl groups is 2. The zero-order chi connectivity index (χ0) is 27.2. The van der Waals surface area contributed by atoms with Gasteiger partial charge in [0.2, 0.25) is 17.6 Å². The Morgan fingerprint density at radius 2 is 1.95 bits per heavy atom. The minimum atomic E-state index is -0.898. The number of aliphatic hydroxyl groups excluding tert-OH is 2. The highest BCUT2D eigenvalue weighted by Crippen LogP contribution is 2.36. The molecule has 4 rings (SSSR count). The fourth-order valence-corrected chi connectivity index (χ4v) is 4.86. The van der Waals surface area contributed by atoms with Crippen LogP contribution >= 0.6 is 0 Å². The predicted molar refractivity (Wildman–Crippen MR) is 141 cm³/mol. The molecule has 1 aliphatic carbocycles. The number of methoxy groups -OCH3 is 1. The lowest BCUT2D eigenvalue weighted by Gasteiger charge is -2.21. The molecule has 1 amide bonds. The van der Waals surface area contributed by atoms with Gasteiger partial charge in [-0.1, -0.05) is 24.9 Å². The van der Waals surface area contributed by atoms with Crippen molar-refractivity contribution < 1.29 is 29.0 Å². The number of aromatic nitrogens is 3. The van der Waals surface area contributed by atoms with Crippen LogP contribution in [0.2, 0.25) is 0 Å². The summed E-state index contributed by atoms with van der Waals surface area (Å²) >= 11 is 0. The van der Waals surface area contributed by atoms with E-state index in [2.05, 4.69) is 15.1 Å². The number of benzene rings is 1. The van der Waals surface area contributed by atoms with Gasteiger partial charge in [-0.05, 0) is 55.5 Å². The van der Waals surface area contributed by atoms with Crippen LogP contribution in [-0.2, 0) is 11.2 Å². The minimum absolute atomic E-state index is 0.00972. The van der Waals surface area contributed by atoms with Gasteiger partial charge in [0.25, 0.3) is 5.89 Å². The van der Waals surface area contributed by atoms with E-state index in [1.165, 1.54) is 24.8 Å². The van der Waals surface area contributed by atoms with Gasteiger partial charge < -0.3 is 29.1 Å². The van der Waals surface area contributed by atoms with E-state index in [9.17, 15) is 9.90 Å². The maximum Gasteiger partial charge on any atom is 0.258 e. The molecule has 0 saturated heterocycles. The Morgan fingerprint density at radius 3 is 2.63 bits per heavy atom. The second-order valence-corrected chi connectivity index (χ2v) is 9.76. The summed E-state index contributed by atoms with van der Waals surface area (Å²) in [5.41, 5.74) is 4.38. The van der Waals surface area contributed by atoms with E-state index >= 15 is 0 Å². The topological polar surface area (TPSA) is 131 Å². The monoisotopic (exact) mass is 524 g/mol. The van der Waals surface area contributed by atoms with Crippen molar-refractivity contribution >= 4 is 5.91 Å². The molecule has 0 bridgehead atoms. The summed E-state index contributed by atoms with van der Waals surface area (Å²) in [7, 11) is 3.13. The minimum Gasteiger partial charge on any atom is -0.490 e. The largest absolute Gasteiger partial charge is 0.490 e. The van der Waals surface area contributed by atoms with Crippen LogP contribution in [0.3, 0.4) is 0 Å². The summed E-state index contributed by atoms with van der Waals surface area (Å²) in [4.78, 5) is 22.1. The molecule has 10 nitrogen and oxygen atoms in total. The summed E-state index contributed by atoms with van der Waals surface area (Å²) < 4.78 is 17.0. The maximum absolute atomic E-state index is 11.5. The van der Waals surface area contributed by atoms with Crippen LogP contribution in [0.4, 0.5) is 0 Å². The van der Waals surface area contributed by atoms with Crippen molar-refractivity contribution in [1.29, 1.82) is 0 Å². The molecule has 1 fully saturated rings. The number of pyridine rings is 1. The fraction of sp³-hybridized carbons (Fsp3) is 0.500. The Balaban J connectivity index is 1.53. The molecule has 0 spiro atoms. The number of amides is 1. The van der Waals surface area contributed by atoms with Crippen LogP contribution in [0.25, 0.3) is 22.8 Å². The molecule has 0 aliphatic heterocycles. The lowest BCUT2D eigenvalue weighted by atomic mass is 10.0. The van der Waals surface area contributed by atoms with Crippen molar-refractivity contribution in [2.45, 2.75) is 58.0 Å². The molecule has 1 saturated carbocycles. The van der Waals surface area contributed by atoms with Gasteiger partial charge in [0.15, 0.2) is 0 Å². The van der Waals surface area contributed by atoms with Gasteiger partial charge in [0.05, 0.1) is 7.11 Å². The van der Waals surface area contributed by atoms with E-state index in [0.29, 0.717) is 35.7 Å². The van der Waals surface area contributed by atoms with Crippen molar-refractivity contribution in [3.63, 3.8) is 0 Å². The van der Waals surface area contributed by atoms with Crippen LogP contribution in [-0.4, -0.2) is 76.2 Å². The number of carbonyl (C=O) groups excluding carboxylic acids is 1. The second kappa shape index (κ2) is 12.4. The molecule has 2 N–H and O–H groups in total. The van der Waals surface area contributed by atoms with Crippen molar-refractivity contribution in [3.8, 4) is 34.5 Å². The van der Waals surface area contributed by atoms with Gasteiger partial charge in [-0.2, -0.15) is 4.98 Å². The Kier molecular flexibility index (Phi) is 8.96. The first-order chi connectivity index (χ1) is 18.3. The lowest BCUT2D eigenvalue weighted by Crippen LogP contribution is -2.38. The summed E-state index contributed by atoms with van der Waals surface area (Å²) in [6.07, 6.45) is 4.46. The predicted octanol–water partition coefficient (Wildman–Crippen LogP) is 3.53. The number of hydrogen-bond acceptors (Lipinski definition) is 9. The zero-order valence-corrected chi connectivity index (χ0v) is 22.4. The van der Waals surface area contributed by atoms with E-state index in [1.54, 1.807) is 7.11 Å². The average molecular weight is 525 g/mol. The molecule has 3 aromatic rings. The van der Waals surface area contributed by atoms with E-state index in [0.717, 1.165) is 40.8 Å². The molecule has 1 aliphatic rings. The van der Waals surface area contributed by atoms with Gasteiger partial charge in [-0.25, -0.2) is 4.98 Å². The molecule has 2 aromatic heterocycles. The third-order valence-electron chi connectivity index (χ3n) is 6.93. The first kappa shape index (κ1) is 27.5. The second-order valence-electron chi connectivity index (χ2n) is 9.76. The van der Waals surface area contributed by atoms with E-state index in [-0.39, 0.29) is 13.2 Å². The van der Waals surface area contributed by atoms with Crippen LogP contribution in [0.15, 0.2) is 28.8 Å². The average Bonchev–Trinajstić information content (AvgIpc) is 3.64. The summed E-state index contributed by atoms with van der Waals surface area (Å²) in [6, 6.07) is 7.72. The summed E-state index contributed by atoms with van der Waals surface area (Å²) in [6.45, 7) is 3.42. The highest BCUT2D eigenvalue weighted by molar-refractivity contribution is 5.76. The fourth-order valence-electron chi connectivity index (χ4n) is 4.86. The summed E-state index contributed by atoms with van der Waals surface area (Å²) in [5.74, 6) is 2.03. The number of likely N-dealkylation sites (N-methyl/N-ethyl adjacent to an activating group) is 1. The lowest BCUT2D eigenvalue weighted by molar-refractivity contribution is -0.134. The quantitative estimate of drug-likeness (QED) is 0.387. The Hall–Kier alpha value is -3.50. The number of aryl methyl sites for hydroxylation is 2. The van der Waals surface area contributed by atoms with Gasteiger partial charge in [-0.3, -0.25) is 4.79 Å². The smallest absolute Gasteiger partial charge is 0.258 e. The Bertz CT molecular complexity index is 1250. The number of hydrogen-bond donors (Lipinski definition) is 2. The maximum atomic E-state index is 11.5. The van der Waals surface area contributed by atoms with Gasteiger partial charge in [-0.15, -0.1) is 0 Å². The third kappa shape index (κ3) is 6.31. The first-order valence-electron chi connectivity index (χ1n) is 13.0. The van der Waals surface area contributed by atoms with Crippen molar-refractivity contribution in [2.75, 3.05) is 33.9 Å². The third-order valence-corrected chi connectivity index (χ3v) is 6.93.